The fourth-order valence-electron chi connectivity index (χ4n) is 1.83. The summed E-state index contributed by atoms with van der Waals surface area (Å²) in [6, 6.07) is 8.65. The molecule has 0 saturated heterocycles. The van der Waals surface area contributed by atoms with Gasteiger partial charge in [-0.05, 0) is 29.8 Å². The van der Waals surface area contributed by atoms with Crippen LogP contribution in [0.3, 0.4) is 0 Å². The van der Waals surface area contributed by atoms with Crippen molar-refractivity contribution >= 4 is 11.8 Å². The predicted molar refractivity (Wildman–Crippen MR) is 77.7 cm³/mol. The van der Waals surface area contributed by atoms with Crippen LogP contribution in [-0.4, -0.2) is 22.7 Å². The Morgan fingerprint density at radius 1 is 1.22 bits per heavy atom. The predicted octanol–water partition coefficient (Wildman–Crippen LogP) is 2.96. The molecule has 1 aromatic carbocycles. The maximum atomic E-state index is 12.6. The molecule has 122 valence electrons. The molecule has 8 heteroatoms. The lowest BCUT2D eigenvalue weighted by Crippen LogP contribution is -2.32. The van der Waals surface area contributed by atoms with E-state index < -0.39 is 23.9 Å². The highest BCUT2D eigenvalue weighted by atomic mass is 19.4. The Balaban J connectivity index is 1.92. The molecule has 0 bridgehead atoms. The van der Waals surface area contributed by atoms with E-state index in [1.54, 1.807) is 18.2 Å². The van der Waals surface area contributed by atoms with Gasteiger partial charge in [0.15, 0.2) is 0 Å². The van der Waals surface area contributed by atoms with Crippen LogP contribution >= 0.6 is 0 Å². The van der Waals surface area contributed by atoms with Crippen LogP contribution in [0.4, 0.5) is 23.8 Å². The number of aliphatic hydroxyl groups excluding tert-OH is 1. The third kappa shape index (κ3) is 4.96. The first-order valence-corrected chi connectivity index (χ1v) is 6.67. The van der Waals surface area contributed by atoms with Gasteiger partial charge in [0.25, 0.3) is 0 Å². The fourth-order valence-corrected chi connectivity index (χ4v) is 1.83. The van der Waals surface area contributed by atoms with E-state index in [-0.39, 0.29) is 12.1 Å². The lowest BCUT2D eigenvalue weighted by molar-refractivity contribution is -0.137. The average molecular weight is 325 g/mol. The number of carbonyl (C=O) groups is 1. The summed E-state index contributed by atoms with van der Waals surface area (Å²) in [5.74, 6) is 0.318. The van der Waals surface area contributed by atoms with E-state index in [0.29, 0.717) is 5.82 Å². The summed E-state index contributed by atoms with van der Waals surface area (Å²) < 4.78 is 37.9. The molecule has 0 fully saturated rings. The van der Waals surface area contributed by atoms with E-state index >= 15 is 0 Å². The summed E-state index contributed by atoms with van der Waals surface area (Å²) >= 11 is 0. The normalized spacial score (nSPS) is 12.5. The zero-order valence-electron chi connectivity index (χ0n) is 11.8. The smallest absolute Gasteiger partial charge is 0.387 e. The number of benzene rings is 1. The Labute approximate surface area is 130 Å². The number of alkyl halides is 3. The van der Waals surface area contributed by atoms with Crippen molar-refractivity contribution in [3.8, 4) is 0 Å². The largest absolute Gasteiger partial charge is 0.416 e. The molecule has 0 saturated carbocycles. The molecule has 0 spiro atoms. The Morgan fingerprint density at radius 3 is 2.65 bits per heavy atom. The van der Waals surface area contributed by atoms with Gasteiger partial charge in [0.05, 0.1) is 11.7 Å². The molecule has 0 aliphatic rings. The van der Waals surface area contributed by atoms with Gasteiger partial charge >= 0.3 is 12.2 Å². The number of urea groups is 1. The number of halogens is 3. The zero-order valence-corrected chi connectivity index (χ0v) is 11.8. The summed E-state index contributed by atoms with van der Waals surface area (Å²) in [6.07, 6.45) is -4.25. The summed E-state index contributed by atoms with van der Waals surface area (Å²) in [5, 5.41) is 14.7. The number of nitrogens with one attached hydrogen (secondary N) is 2. The van der Waals surface area contributed by atoms with Crippen LogP contribution < -0.4 is 10.6 Å². The number of pyridine rings is 1. The van der Waals surface area contributed by atoms with Gasteiger partial charge in [0.1, 0.15) is 5.82 Å². The number of carbonyl (C=O) groups excluding carboxylic acids is 1. The molecule has 5 nitrogen and oxygen atoms in total. The van der Waals surface area contributed by atoms with E-state index in [9.17, 15) is 23.1 Å². The molecule has 2 aromatic rings. The lowest BCUT2D eigenvalue weighted by atomic mass is 10.1. The second kappa shape index (κ2) is 7.10. The van der Waals surface area contributed by atoms with Gasteiger partial charge in [-0.25, -0.2) is 9.78 Å². The highest BCUT2D eigenvalue weighted by molar-refractivity contribution is 5.88. The molecule has 2 amide bonds. The topological polar surface area (TPSA) is 74.2 Å². The van der Waals surface area contributed by atoms with Crippen molar-refractivity contribution in [1.82, 2.24) is 10.3 Å². The first-order chi connectivity index (χ1) is 10.9. The number of hydrogen-bond acceptors (Lipinski definition) is 3. The third-order valence-corrected chi connectivity index (χ3v) is 2.96. The summed E-state index contributed by atoms with van der Waals surface area (Å²) in [5.41, 5.74) is -0.787. The molecule has 0 radical (unpaired) electrons. The van der Waals surface area contributed by atoms with Crippen molar-refractivity contribution < 1.29 is 23.1 Å². The number of anilines is 1. The van der Waals surface area contributed by atoms with Gasteiger partial charge in [-0.15, -0.1) is 0 Å². The number of aromatic nitrogens is 1. The van der Waals surface area contributed by atoms with Gasteiger partial charge in [-0.1, -0.05) is 18.2 Å². The van der Waals surface area contributed by atoms with Crippen LogP contribution in [0.1, 0.15) is 17.2 Å². The molecule has 1 atom stereocenters. The summed E-state index contributed by atoms with van der Waals surface area (Å²) in [4.78, 5) is 15.5. The van der Waals surface area contributed by atoms with E-state index in [4.69, 9.17) is 0 Å². The quantitative estimate of drug-likeness (QED) is 0.809. The molecule has 1 unspecified atom stereocenters. The van der Waals surface area contributed by atoms with Crippen LogP contribution in [-0.2, 0) is 6.18 Å². The SMILES string of the molecule is O=C(NCC(O)c1cccc(C(F)(F)F)c1)Nc1ccccn1. The van der Waals surface area contributed by atoms with Crippen molar-refractivity contribution in [2.24, 2.45) is 0 Å². The van der Waals surface area contributed by atoms with Gasteiger partial charge < -0.3 is 10.4 Å². The van der Waals surface area contributed by atoms with Crippen LogP contribution in [0.2, 0.25) is 0 Å². The van der Waals surface area contributed by atoms with E-state index in [1.807, 2.05) is 0 Å². The minimum absolute atomic E-state index is 0.0676. The van der Waals surface area contributed by atoms with E-state index in [2.05, 4.69) is 15.6 Å². The number of nitrogens with zero attached hydrogens (tertiary/aromatic N) is 1. The Hall–Kier alpha value is -2.61. The van der Waals surface area contributed by atoms with Crippen LogP contribution in [0.5, 0.6) is 0 Å². The molecule has 3 N–H and O–H groups in total. The number of hydrogen-bond donors (Lipinski definition) is 3. The van der Waals surface area contributed by atoms with Crippen LogP contribution in [0.15, 0.2) is 48.7 Å². The van der Waals surface area contributed by atoms with Crippen molar-refractivity contribution in [2.45, 2.75) is 12.3 Å². The van der Waals surface area contributed by atoms with Crippen molar-refractivity contribution in [3.05, 3.63) is 59.8 Å². The first-order valence-electron chi connectivity index (χ1n) is 6.67. The standard InChI is InChI=1S/C15H14F3N3O2/c16-15(17,18)11-5-3-4-10(8-11)12(22)9-20-14(23)21-13-6-1-2-7-19-13/h1-8,12,22H,9H2,(H2,19,20,21,23). The molecular weight excluding hydrogens is 311 g/mol. The average Bonchev–Trinajstić information content (AvgIpc) is 2.53. The zero-order chi connectivity index (χ0) is 16.9. The lowest BCUT2D eigenvalue weighted by Gasteiger charge is -2.14. The van der Waals surface area contributed by atoms with E-state index in [1.165, 1.54) is 18.3 Å². The van der Waals surface area contributed by atoms with Crippen molar-refractivity contribution in [2.75, 3.05) is 11.9 Å². The second-order valence-electron chi connectivity index (χ2n) is 4.69. The molecule has 0 aliphatic carbocycles. The maximum Gasteiger partial charge on any atom is 0.416 e. The number of rotatable bonds is 4. The number of aliphatic hydroxyl groups is 1. The van der Waals surface area contributed by atoms with Crippen molar-refractivity contribution in [1.29, 1.82) is 0 Å². The highest BCUT2D eigenvalue weighted by Gasteiger charge is 2.30. The Morgan fingerprint density at radius 2 is 2.00 bits per heavy atom. The van der Waals surface area contributed by atoms with Gasteiger partial charge in [0, 0.05) is 12.7 Å². The van der Waals surface area contributed by atoms with Crippen molar-refractivity contribution in [3.63, 3.8) is 0 Å². The summed E-state index contributed by atoms with van der Waals surface area (Å²) in [7, 11) is 0. The van der Waals surface area contributed by atoms with Crippen LogP contribution in [0, 0.1) is 0 Å². The maximum absolute atomic E-state index is 12.6. The second-order valence-corrected chi connectivity index (χ2v) is 4.69. The summed E-state index contributed by atoms with van der Waals surface area (Å²) in [6.45, 7) is -0.236. The molecule has 23 heavy (non-hydrogen) atoms. The van der Waals surface area contributed by atoms with Gasteiger partial charge in [0.2, 0.25) is 0 Å². The monoisotopic (exact) mass is 325 g/mol. The third-order valence-electron chi connectivity index (χ3n) is 2.96. The molecular formula is C15H14F3N3O2. The molecule has 2 rings (SSSR count). The highest BCUT2D eigenvalue weighted by Crippen LogP contribution is 2.30. The van der Waals surface area contributed by atoms with E-state index in [0.717, 1.165) is 12.1 Å². The Bertz CT molecular complexity index is 663. The molecule has 1 aromatic heterocycles. The number of amides is 2. The molecule has 1 heterocycles. The molecule has 0 aliphatic heterocycles. The van der Waals surface area contributed by atoms with Gasteiger partial charge in [-0.3, -0.25) is 5.32 Å². The first kappa shape index (κ1) is 16.8. The minimum atomic E-state index is -4.49. The fraction of sp³-hybridized carbons (Fsp3) is 0.200. The van der Waals surface area contributed by atoms with Gasteiger partial charge in [-0.2, -0.15) is 13.2 Å². The Kier molecular flexibility index (Phi) is 5.17. The minimum Gasteiger partial charge on any atom is -0.387 e. The van der Waals surface area contributed by atoms with Crippen LogP contribution in [0.25, 0.3) is 0 Å².